The van der Waals surface area contributed by atoms with Crippen molar-refractivity contribution in [2.75, 3.05) is 18.6 Å². The molecule has 0 amide bonds. The van der Waals surface area contributed by atoms with Gasteiger partial charge in [-0.3, -0.25) is 0 Å². The maximum atomic E-state index is 5.99. The smallest absolute Gasteiger partial charge is 0.222 e. The Labute approximate surface area is 136 Å². The number of nitrogen functional groups attached to an aromatic ring is 2. The molecule has 2 aromatic rings. The number of methoxy groups -OCH3 is 1. The second kappa shape index (κ2) is 6.73. The average molecular weight is 316 g/mol. The minimum absolute atomic E-state index is 0.122. The maximum absolute atomic E-state index is 5.99. The van der Waals surface area contributed by atoms with E-state index in [2.05, 4.69) is 37.7 Å². The number of anilines is 2. The Kier molecular flexibility index (Phi) is 4.93. The average Bonchev–Trinajstić information content (AvgIpc) is 2.49. The topological polar surface area (TPSA) is 96.3 Å². The van der Waals surface area contributed by atoms with Crippen LogP contribution in [0.25, 0.3) is 0 Å². The van der Waals surface area contributed by atoms with Crippen LogP contribution in [0.1, 0.15) is 50.7 Å². The number of rotatable bonds is 5. The first-order chi connectivity index (χ1) is 10.8. The van der Waals surface area contributed by atoms with Crippen LogP contribution >= 0.6 is 0 Å². The Morgan fingerprint density at radius 2 is 1.48 bits per heavy atom. The predicted molar refractivity (Wildman–Crippen MR) is 92.1 cm³/mol. The van der Waals surface area contributed by atoms with Gasteiger partial charge in [-0.25, -0.2) is 4.98 Å². The minimum atomic E-state index is 0.122. The summed E-state index contributed by atoms with van der Waals surface area (Å²) in [5.41, 5.74) is 13.5. The first-order valence-corrected chi connectivity index (χ1v) is 7.61. The van der Waals surface area contributed by atoms with Crippen molar-refractivity contribution in [3.63, 3.8) is 0 Å². The number of nitrogens with zero attached hydrogens (tertiary/aromatic N) is 2. The molecular weight excluding hydrogens is 292 g/mol. The summed E-state index contributed by atoms with van der Waals surface area (Å²) in [5, 5.41) is 0. The van der Waals surface area contributed by atoms with Crippen molar-refractivity contribution in [3.8, 4) is 17.2 Å². The van der Waals surface area contributed by atoms with Gasteiger partial charge in [-0.05, 0) is 24.0 Å². The van der Waals surface area contributed by atoms with Crippen LogP contribution in [0.5, 0.6) is 17.2 Å². The number of ether oxygens (including phenoxy) is 2. The molecule has 23 heavy (non-hydrogen) atoms. The summed E-state index contributed by atoms with van der Waals surface area (Å²) in [7, 11) is 1.68. The maximum Gasteiger partial charge on any atom is 0.222 e. The van der Waals surface area contributed by atoms with E-state index in [1.54, 1.807) is 7.11 Å². The van der Waals surface area contributed by atoms with Gasteiger partial charge in [0.25, 0.3) is 0 Å². The highest BCUT2D eigenvalue weighted by Gasteiger charge is 2.18. The molecule has 0 aliphatic carbocycles. The largest absolute Gasteiger partial charge is 0.496 e. The second-order valence-corrected chi connectivity index (χ2v) is 6.02. The molecule has 0 bridgehead atoms. The van der Waals surface area contributed by atoms with E-state index in [1.807, 2.05) is 12.1 Å². The van der Waals surface area contributed by atoms with Gasteiger partial charge in [0, 0.05) is 11.1 Å². The lowest BCUT2D eigenvalue weighted by Crippen LogP contribution is -2.04. The van der Waals surface area contributed by atoms with Crippen molar-refractivity contribution in [1.82, 2.24) is 9.97 Å². The molecule has 0 radical (unpaired) electrons. The number of benzene rings is 1. The third kappa shape index (κ3) is 3.64. The van der Waals surface area contributed by atoms with Gasteiger partial charge < -0.3 is 20.9 Å². The first kappa shape index (κ1) is 16.9. The summed E-state index contributed by atoms with van der Waals surface area (Å²) in [4.78, 5) is 7.87. The van der Waals surface area contributed by atoms with Crippen molar-refractivity contribution < 1.29 is 9.47 Å². The number of hydrogen-bond acceptors (Lipinski definition) is 6. The normalized spacial score (nSPS) is 11.1. The molecule has 124 valence electrons. The van der Waals surface area contributed by atoms with Crippen LogP contribution < -0.4 is 20.9 Å². The fraction of sp³-hybridized carbons (Fsp3) is 0.412. The van der Waals surface area contributed by atoms with Gasteiger partial charge >= 0.3 is 0 Å². The quantitative estimate of drug-likeness (QED) is 0.873. The molecule has 0 spiro atoms. The third-order valence-corrected chi connectivity index (χ3v) is 3.63. The van der Waals surface area contributed by atoms with E-state index in [4.69, 9.17) is 20.9 Å². The van der Waals surface area contributed by atoms with E-state index in [0.717, 1.165) is 22.6 Å². The molecule has 0 unspecified atom stereocenters. The van der Waals surface area contributed by atoms with Crippen LogP contribution in [0.2, 0.25) is 0 Å². The molecule has 1 aromatic heterocycles. The van der Waals surface area contributed by atoms with Gasteiger partial charge in [-0.1, -0.05) is 27.7 Å². The van der Waals surface area contributed by atoms with Gasteiger partial charge in [-0.2, -0.15) is 4.98 Å². The zero-order valence-electron chi connectivity index (χ0n) is 14.3. The Morgan fingerprint density at radius 1 is 0.913 bits per heavy atom. The predicted octanol–water partition coefficient (Wildman–Crippen LogP) is 3.69. The van der Waals surface area contributed by atoms with Crippen molar-refractivity contribution in [3.05, 3.63) is 29.5 Å². The standard InChI is InChI=1S/C17H24N4O2/c1-9(2)11-7-14(12(10(3)4)6-13(11)22-5)23-15-8-20-17(19)21-16(15)18/h6-10H,1-5H3,(H4,18,19,20,21). The first-order valence-electron chi connectivity index (χ1n) is 7.61. The Balaban J connectivity index is 2.52. The zero-order chi connectivity index (χ0) is 17.1. The van der Waals surface area contributed by atoms with E-state index in [-0.39, 0.29) is 17.7 Å². The van der Waals surface area contributed by atoms with E-state index < -0.39 is 0 Å². The molecular formula is C17H24N4O2. The molecule has 0 saturated heterocycles. The van der Waals surface area contributed by atoms with Crippen molar-refractivity contribution in [2.45, 2.75) is 39.5 Å². The van der Waals surface area contributed by atoms with E-state index in [9.17, 15) is 0 Å². The Hall–Kier alpha value is -2.50. The molecule has 4 N–H and O–H groups in total. The summed E-state index contributed by atoms with van der Waals surface area (Å²) in [6, 6.07) is 4.01. The Bertz CT molecular complexity index is 699. The fourth-order valence-corrected chi connectivity index (χ4v) is 2.35. The van der Waals surface area contributed by atoms with Gasteiger partial charge in [0.2, 0.25) is 5.95 Å². The van der Waals surface area contributed by atoms with Crippen LogP contribution in [-0.2, 0) is 0 Å². The van der Waals surface area contributed by atoms with E-state index in [0.29, 0.717) is 11.7 Å². The highest BCUT2D eigenvalue weighted by atomic mass is 16.5. The molecule has 0 aliphatic heterocycles. The lowest BCUT2D eigenvalue weighted by molar-refractivity contribution is 0.403. The molecule has 0 atom stereocenters. The minimum Gasteiger partial charge on any atom is -0.496 e. The van der Waals surface area contributed by atoms with Crippen LogP contribution in [0.15, 0.2) is 18.3 Å². The van der Waals surface area contributed by atoms with Gasteiger partial charge in [0.05, 0.1) is 13.3 Å². The third-order valence-electron chi connectivity index (χ3n) is 3.63. The lowest BCUT2D eigenvalue weighted by Gasteiger charge is -2.20. The fourth-order valence-electron chi connectivity index (χ4n) is 2.35. The van der Waals surface area contributed by atoms with Gasteiger partial charge in [0.15, 0.2) is 11.6 Å². The number of nitrogens with two attached hydrogens (primary N) is 2. The van der Waals surface area contributed by atoms with Crippen molar-refractivity contribution in [2.24, 2.45) is 0 Å². The molecule has 0 aliphatic rings. The summed E-state index contributed by atoms with van der Waals surface area (Å²) in [6.07, 6.45) is 1.49. The van der Waals surface area contributed by atoms with E-state index >= 15 is 0 Å². The summed E-state index contributed by atoms with van der Waals surface area (Å²) in [5.74, 6) is 2.87. The summed E-state index contributed by atoms with van der Waals surface area (Å²) < 4.78 is 11.5. The molecule has 1 heterocycles. The van der Waals surface area contributed by atoms with E-state index in [1.165, 1.54) is 6.20 Å². The molecule has 6 heteroatoms. The van der Waals surface area contributed by atoms with Gasteiger partial charge in [0.1, 0.15) is 11.5 Å². The molecule has 0 saturated carbocycles. The summed E-state index contributed by atoms with van der Waals surface area (Å²) >= 11 is 0. The zero-order valence-corrected chi connectivity index (χ0v) is 14.3. The number of aromatic nitrogens is 2. The second-order valence-electron chi connectivity index (χ2n) is 6.02. The lowest BCUT2D eigenvalue weighted by atomic mass is 9.95. The molecule has 1 aromatic carbocycles. The Morgan fingerprint density at radius 3 is 2.00 bits per heavy atom. The summed E-state index contributed by atoms with van der Waals surface area (Å²) in [6.45, 7) is 8.41. The molecule has 0 fully saturated rings. The highest BCUT2D eigenvalue weighted by molar-refractivity contribution is 5.54. The van der Waals surface area contributed by atoms with Crippen LogP contribution in [0, 0.1) is 0 Å². The van der Waals surface area contributed by atoms with Crippen molar-refractivity contribution >= 4 is 11.8 Å². The molecule has 2 rings (SSSR count). The van der Waals surface area contributed by atoms with Crippen LogP contribution in [0.3, 0.4) is 0 Å². The SMILES string of the molecule is COc1cc(C(C)C)c(Oc2cnc(N)nc2N)cc1C(C)C. The van der Waals surface area contributed by atoms with Gasteiger partial charge in [-0.15, -0.1) is 0 Å². The molecule has 6 nitrogen and oxygen atoms in total. The number of hydrogen-bond donors (Lipinski definition) is 2. The van der Waals surface area contributed by atoms with Crippen LogP contribution in [-0.4, -0.2) is 17.1 Å². The monoisotopic (exact) mass is 316 g/mol. The van der Waals surface area contributed by atoms with Crippen molar-refractivity contribution in [1.29, 1.82) is 0 Å². The van der Waals surface area contributed by atoms with Crippen LogP contribution in [0.4, 0.5) is 11.8 Å². The highest BCUT2D eigenvalue weighted by Crippen LogP contribution is 2.39.